The van der Waals surface area contributed by atoms with Crippen molar-refractivity contribution in [3.05, 3.63) is 42.0 Å². The first-order chi connectivity index (χ1) is 13.2. The molecule has 4 rings (SSSR count). The van der Waals surface area contributed by atoms with E-state index in [4.69, 9.17) is 0 Å². The maximum atomic E-state index is 12.9. The number of anilines is 1. The Morgan fingerprint density at radius 3 is 2.46 bits per heavy atom. The Morgan fingerprint density at radius 1 is 1.00 bits per heavy atom. The molecular formula is C15H14F3N7O2S. The number of aromatic nitrogens is 5. The SMILES string of the molecule is O=S(=O)(c1cccc(C(F)(F)F)c1)N1CCN(c2ccc3nnnn3n2)CC1. The fraction of sp³-hybridized carbons (Fsp3) is 0.333. The molecule has 1 saturated heterocycles. The molecule has 28 heavy (non-hydrogen) atoms. The van der Waals surface area contributed by atoms with Gasteiger partial charge < -0.3 is 4.90 Å². The van der Waals surface area contributed by atoms with E-state index < -0.39 is 21.8 Å². The van der Waals surface area contributed by atoms with Crippen LogP contribution in [0.4, 0.5) is 19.0 Å². The predicted molar refractivity (Wildman–Crippen MR) is 91.0 cm³/mol. The summed E-state index contributed by atoms with van der Waals surface area (Å²) in [4.78, 5) is 1.49. The summed E-state index contributed by atoms with van der Waals surface area (Å²) in [6.45, 7) is 0.902. The van der Waals surface area contributed by atoms with E-state index >= 15 is 0 Å². The van der Waals surface area contributed by atoms with Gasteiger partial charge in [-0.2, -0.15) is 17.5 Å². The highest BCUT2D eigenvalue weighted by Crippen LogP contribution is 2.31. The van der Waals surface area contributed by atoms with Gasteiger partial charge in [0, 0.05) is 26.2 Å². The fourth-order valence-corrected chi connectivity index (χ4v) is 4.42. The normalized spacial score (nSPS) is 16.6. The van der Waals surface area contributed by atoms with Crippen LogP contribution in [0.25, 0.3) is 5.65 Å². The van der Waals surface area contributed by atoms with E-state index in [1.54, 1.807) is 12.1 Å². The highest BCUT2D eigenvalue weighted by molar-refractivity contribution is 7.89. The second kappa shape index (κ2) is 6.67. The first kappa shape index (κ1) is 18.6. The summed E-state index contributed by atoms with van der Waals surface area (Å²) in [6, 6.07) is 7.19. The topological polar surface area (TPSA) is 96.6 Å². The summed E-state index contributed by atoms with van der Waals surface area (Å²) in [5, 5.41) is 15.2. The lowest BCUT2D eigenvalue weighted by Crippen LogP contribution is -2.49. The second-order valence-corrected chi connectivity index (χ2v) is 8.07. The van der Waals surface area contributed by atoms with E-state index in [1.165, 1.54) is 15.0 Å². The van der Waals surface area contributed by atoms with Crippen LogP contribution in [0.3, 0.4) is 0 Å². The molecule has 1 aliphatic rings. The molecular weight excluding hydrogens is 399 g/mol. The number of fused-ring (bicyclic) bond motifs is 1. The van der Waals surface area contributed by atoms with Crippen LogP contribution in [-0.2, 0) is 16.2 Å². The summed E-state index contributed by atoms with van der Waals surface area (Å²) in [6.07, 6.45) is -4.61. The average Bonchev–Trinajstić information content (AvgIpc) is 3.15. The van der Waals surface area contributed by atoms with Gasteiger partial charge in [-0.1, -0.05) is 6.07 Å². The van der Waals surface area contributed by atoms with Gasteiger partial charge in [0.05, 0.1) is 10.5 Å². The zero-order chi connectivity index (χ0) is 19.9. The van der Waals surface area contributed by atoms with E-state index in [1.807, 2.05) is 4.90 Å². The fourth-order valence-electron chi connectivity index (χ4n) is 2.95. The van der Waals surface area contributed by atoms with E-state index in [0.717, 1.165) is 12.1 Å². The molecule has 2 aromatic heterocycles. The van der Waals surface area contributed by atoms with Gasteiger partial charge in [-0.15, -0.1) is 14.8 Å². The van der Waals surface area contributed by atoms with Crippen LogP contribution >= 0.6 is 0 Å². The first-order valence-corrected chi connectivity index (χ1v) is 9.67. The van der Waals surface area contributed by atoms with Crippen LogP contribution in [0.5, 0.6) is 0 Å². The molecule has 0 bridgehead atoms. The Labute approximate surface area is 157 Å². The Bertz CT molecular complexity index is 1110. The van der Waals surface area contributed by atoms with Gasteiger partial charge in [-0.3, -0.25) is 0 Å². The number of halogens is 3. The molecule has 148 valence electrons. The molecule has 1 fully saturated rings. The Morgan fingerprint density at radius 2 is 1.75 bits per heavy atom. The molecule has 9 nitrogen and oxygen atoms in total. The Balaban J connectivity index is 1.51. The molecule has 0 unspecified atom stereocenters. The van der Waals surface area contributed by atoms with Crippen LogP contribution in [0.15, 0.2) is 41.3 Å². The van der Waals surface area contributed by atoms with Crippen LogP contribution in [0.2, 0.25) is 0 Å². The largest absolute Gasteiger partial charge is 0.416 e. The standard InChI is InChI=1S/C15H14F3N7O2S/c16-15(17,18)11-2-1-3-12(10-11)28(26,27)24-8-6-23(7-9-24)14-5-4-13-19-21-22-25(13)20-14/h1-5,10H,6-9H2. The first-order valence-electron chi connectivity index (χ1n) is 8.23. The molecule has 0 amide bonds. The molecule has 1 aliphatic heterocycles. The molecule has 3 heterocycles. The number of benzene rings is 1. The summed E-state index contributed by atoms with van der Waals surface area (Å²) in [5.41, 5.74) is -0.513. The highest BCUT2D eigenvalue weighted by atomic mass is 32.2. The third kappa shape index (κ3) is 3.38. The predicted octanol–water partition coefficient (Wildman–Crippen LogP) is 1.05. The number of hydrogen-bond donors (Lipinski definition) is 0. The van der Waals surface area contributed by atoms with Crippen LogP contribution in [0, 0.1) is 0 Å². The second-order valence-electron chi connectivity index (χ2n) is 6.13. The van der Waals surface area contributed by atoms with Crippen molar-refractivity contribution in [2.75, 3.05) is 31.1 Å². The number of piperazine rings is 1. The van der Waals surface area contributed by atoms with E-state index in [9.17, 15) is 21.6 Å². The Hall–Kier alpha value is -2.80. The number of rotatable bonds is 3. The lowest BCUT2D eigenvalue weighted by Gasteiger charge is -2.34. The van der Waals surface area contributed by atoms with Crippen molar-refractivity contribution in [3.8, 4) is 0 Å². The molecule has 0 saturated carbocycles. The van der Waals surface area contributed by atoms with Gasteiger partial charge >= 0.3 is 6.18 Å². The van der Waals surface area contributed by atoms with Crippen molar-refractivity contribution in [2.24, 2.45) is 0 Å². The summed E-state index contributed by atoms with van der Waals surface area (Å²) < 4.78 is 66.6. The number of sulfonamides is 1. The molecule has 0 aliphatic carbocycles. The summed E-state index contributed by atoms with van der Waals surface area (Å²) in [5.74, 6) is 0.580. The minimum Gasteiger partial charge on any atom is -0.352 e. The maximum Gasteiger partial charge on any atom is 0.416 e. The van der Waals surface area contributed by atoms with Gasteiger partial charge in [0.15, 0.2) is 11.5 Å². The minimum atomic E-state index is -4.61. The van der Waals surface area contributed by atoms with Gasteiger partial charge in [-0.25, -0.2) is 8.42 Å². The van der Waals surface area contributed by atoms with Gasteiger partial charge in [0.2, 0.25) is 10.0 Å². The van der Waals surface area contributed by atoms with Gasteiger partial charge in [-0.05, 0) is 40.8 Å². The zero-order valence-electron chi connectivity index (χ0n) is 14.3. The van der Waals surface area contributed by atoms with E-state index in [-0.39, 0.29) is 18.0 Å². The third-order valence-corrected chi connectivity index (χ3v) is 6.31. The van der Waals surface area contributed by atoms with Gasteiger partial charge in [0.1, 0.15) is 0 Å². The third-order valence-electron chi connectivity index (χ3n) is 4.42. The lowest BCUT2D eigenvalue weighted by atomic mass is 10.2. The lowest BCUT2D eigenvalue weighted by molar-refractivity contribution is -0.137. The van der Waals surface area contributed by atoms with E-state index in [2.05, 4.69) is 20.6 Å². The quantitative estimate of drug-likeness (QED) is 0.633. The maximum absolute atomic E-state index is 12.9. The number of alkyl halides is 3. The number of nitrogens with zero attached hydrogens (tertiary/aromatic N) is 7. The van der Waals surface area contributed by atoms with Crippen LogP contribution in [-0.4, -0.2) is 64.2 Å². The van der Waals surface area contributed by atoms with Crippen LogP contribution in [0.1, 0.15) is 5.56 Å². The van der Waals surface area contributed by atoms with Crippen molar-refractivity contribution >= 4 is 21.5 Å². The molecule has 0 N–H and O–H groups in total. The van der Waals surface area contributed by atoms with Crippen molar-refractivity contribution < 1.29 is 21.6 Å². The number of hydrogen-bond acceptors (Lipinski definition) is 7. The monoisotopic (exact) mass is 413 g/mol. The molecule has 0 spiro atoms. The molecule has 1 aromatic carbocycles. The van der Waals surface area contributed by atoms with Crippen molar-refractivity contribution in [1.29, 1.82) is 0 Å². The molecule has 3 aromatic rings. The Kier molecular flexibility index (Phi) is 4.42. The average molecular weight is 413 g/mol. The summed E-state index contributed by atoms with van der Waals surface area (Å²) >= 11 is 0. The zero-order valence-corrected chi connectivity index (χ0v) is 15.1. The van der Waals surface area contributed by atoms with Crippen LogP contribution < -0.4 is 4.90 Å². The minimum absolute atomic E-state index is 0.119. The molecule has 0 radical (unpaired) electrons. The van der Waals surface area contributed by atoms with Crippen molar-refractivity contribution in [3.63, 3.8) is 0 Å². The van der Waals surface area contributed by atoms with Crippen molar-refractivity contribution in [1.82, 2.24) is 29.6 Å². The highest BCUT2D eigenvalue weighted by Gasteiger charge is 2.34. The smallest absolute Gasteiger partial charge is 0.352 e. The summed E-state index contributed by atoms with van der Waals surface area (Å²) in [7, 11) is -4.03. The molecule has 0 atom stereocenters. The number of tetrazole rings is 1. The van der Waals surface area contributed by atoms with E-state index in [0.29, 0.717) is 30.6 Å². The van der Waals surface area contributed by atoms with Crippen molar-refractivity contribution in [2.45, 2.75) is 11.1 Å². The molecule has 13 heteroatoms. The van der Waals surface area contributed by atoms with Gasteiger partial charge in [0.25, 0.3) is 0 Å².